The number of Topliss-reactive ketones (excluding diaryl/α,β-unsaturated/α-hetero) is 1. The van der Waals surface area contributed by atoms with Crippen LogP contribution in [-0.4, -0.2) is 5.78 Å². The second-order valence-electron chi connectivity index (χ2n) is 4.07. The number of halogens is 3. The highest BCUT2D eigenvalue weighted by Gasteiger charge is 2.25. The van der Waals surface area contributed by atoms with Gasteiger partial charge < -0.3 is 0 Å². The Bertz CT molecular complexity index is 709. The first-order valence-corrected chi connectivity index (χ1v) is 7.23. The molecule has 0 saturated carbocycles. The van der Waals surface area contributed by atoms with Crippen molar-refractivity contribution in [1.82, 2.24) is 0 Å². The molecule has 2 aromatic carbocycles. The molecule has 100 valence electrons. The van der Waals surface area contributed by atoms with Crippen molar-refractivity contribution < 1.29 is 4.79 Å². The van der Waals surface area contributed by atoms with E-state index in [1.165, 1.54) is 12.1 Å². The Morgan fingerprint density at radius 2 is 1.90 bits per heavy atom. The molecule has 0 N–H and O–H groups in total. The van der Waals surface area contributed by atoms with Crippen LogP contribution in [0.2, 0.25) is 10.0 Å². The Morgan fingerprint density at radius 1 is 1.20 bits per heavy atom. The van der Waals surface area contributed by atoms with Gasteiger partial charge in [0.1, 0.15) is 5.92 Å². The maximum absolute atomic E-state index is 12.5. The van der Waals surface area contributed by atoms with E-state index < -0.39 is 5.92 Å². The summed E-state index contributed by atoms with van der Waals surface area (Å²) in [5.41, 5.74) is 0.907. The van der Waals surface area contributed by atoms with Gasteiger partial charge in [-0.05, 0) is 29.8 Å². The fraction of sp³-hybridized carbons (Fsp3) is 0.0667. The Kier molecular flexibility index (Phi) is 4.82. The van der Waals surface area contributed by atoms with Crippen molar-refractivity contribution >= 4 is 44.9 Å². The van der Waals surface area contributed by atoms with E-state index >= 15 is 0 Å². The van der Waals surface area contributed by atoms with Gasteiger partial charge in [0.25, 0.3) is 0 Å². The predicted molar refractivity (Wildman–Crippen MR) is 83.3 cm³/mol. The lowest BCUT2D eigenvalue weighted by atomic mass is 9.92. The molecular weight excluding hydrogens is 361 g/mol. The summed E-state index contributed by atoms with van der Waals surface area (Å²) in [6, 6.07) is 13.8. The van der Waals surface area contributed by atoms with Crippen LogP contribution in [-0.2, 0) is 0 Å². The second kappa shape index (κ2) is 6.41. The number of hydrogen-bond acceptors (Lipinski definition) is 2. The van der Waals surface area contributed by atoms with Crippen LogP contribution >= 0.6 is 39.1 Å². The highest BCUT2D eigenvalue weighted by molar-refractivity contribution is 9.10. The van der Waals surface area contributed by atoms with Gasteiger partial charge >= 0.3 is 0 Å². The number of hydrogen-bond donors (Lipinski definition) is 0. The van der Waals surface area contributed by atoms with Crippen molar-refractivity contribution in [1.29, 1.82) is 5.26 Å². The Morgan fingerprint density at radius 3 is 2.50 bits per heavy atom. The second-order valence-corrected chi connectivity index (χ2v) is 5.77. The summed E-state index contributed by atoms with van der Waals surface area (Å²) in [4.78, 5) is 12.5. The van der Waals surface area contributed by atoms with E-state index in [1.807, 2.05) is 12.1 Å². The van der Waals surface area contributed by atoms with Gasteiger partial charge in [-0.1, -0.05) is 57.3 Å². The fourth-order valence-corrected chi connectivity index (χ4v) is 2.84. The molecule has 1 unspecified atom stereocenters. The number of carbonyl (C=O) groups excluding carboxylic acids is 1. The third-order valence-corrected chi connectivity index (χ3v) is 4.07. The maximum atomic E-state index is 12.5. The lowest BCUT2D eigenvalue weighted by Gasteiger charge is -2.11. The van der Waals surface area contributed by atoms with Crippen LogP contribution in [0.4, 0.5) is 0 Å². The van der Waals surface area contributed by atoms with E-state index in [2.05, 4.69) is 15.9 Å². The van der Waals surface area contributed by atoms with Gasteiger partial charge in [0.2, 0.25) is 0 Å². The fourth-order valence-electron chi connectivity index (χ4n) is 1.82. The maximum Gasteiger partial charge on any atom is 0.185 e. The molecule has 0 amide bonds. The van der Waals surface area contributed by atoms with Crippen molar-refractivity contribution in [2.45, 2.75) is 5.92 Å². The van der Waals surface area contributed by atoms with Crippen molar-refractivity contribution in [3.63, 3.8) is 0 Å². The van der Waals surface area contributed by atoms with Crippen LogP contribution in [0.5, 0.6) is 0 Å². The van der Waals surface area contributed by atoms with Gasteiger partial charge in [-0.2, -0.15) is 5.26 Å². The topological polar surface area (TPSA) is 40.9 Å². The lowest BCUT2D eigenvalue weighted by Crippen LogP contribution is -2.12. The van der Waals surface area contributed by atoms with Gasteiger partial charge in [0.05, 0.1) is 11.1 Å². The van der Waals surface area contributed by atoms with Crippen LogP contribution in [0.1, 0.15) is 21.8 Å². The average Bonchev–Trinajstić information content (AvgIpc) is 2.41. The number of nitriles is 1. The van der Waals surface area contributed by atoms with Crippen LogP contribution < -0.4 is 0 Å². The highest BCUT2D eigenvalue weighted by Crippen LogP contribution is 2.30. The van der Waals surface area contributed by atoms with E-state index in [1.54, 1.807) is 24.3 Å². The molecule has 0 aromatic heterocycles. The van der Waals surface area contributed by atoms with Crippen LogP contribution in [0.25, 0.3) is 0 Å². The van der Waals surface area contributed by atoms with Crippen molar-refractivity contribution in [3.8, 4) is 6.07 Å². The molecule has 0 aliphatic heterocycles. The Balaban J connectivity index is 2.45. The highest BCUT2D eigenvalue weighted by atomic mass is 79.9. The summed E-state index contributed by atoms with van der Waals surface area (Å²) >= 11 is 15.2. The van der Waals surface area contributed by atoms with Crippen LogP contribution in [0.3, 0.4) is 0 Å². The minimum absolute atomic E-state index is 0.245. The van der Waals surface area contributed by atoms with Gasteiger partial charge in [-0.3, -0.25) is 4.79 Å². The summed E-state index contributed by atoms with van der Waals surface area (Å²) in [5.74, 6) is -1.26. The molecule has 0 heterocycles. The summed E-state index contributed by atoms with van der Waals surface area (Å²) in [5, 5.41) is 10.0. The van der Waals surface area contributed by atoms with Crippen LogP contribution in [0.15, 0.2) is 46.9 Å². The normalized spacial score (nSPS) is 11.7. The Hall–Kier alpha value is -1.34. The predicted octanol–water partition coefficient (Wildman–Crippen LogP) is 5.25. The SMILES string of the molecule is N#CC(C(=O)c1ccc(Cl)cc1Cl)c1ccccc1Br. The first-order chi connectivity index (χ1) is 9.54. The van der Waals surface area contributed by atoms with Gasteiger partial charge in [-0.15, -0.1) is 0 Å². The van der Waals surface area contributed by atoms with Gasteiger partial charge in [0.15, 0.2) is 5.78 Å². The molecule has 2 aromatic rings. The summed E-state index contributed by atoms with van der Waals surface area (Å²) in [6.45, 7) is 0. The number of nitrogens with zero attached hydrogens (tertiary/aromatic N) is 1. The third kappa shape index (κ3) is 3.04. The zero-order chi connectivity index (χ0) is 14.7. The third-order valence-electron chi connectivity index (χ3n) is 2.80. The van der Waals surface area contributed by atoms with E-state index in [9.17, 15) is 10.1 Å². The van der Waals surface area contributed by atoms with Gasteiger partial charge in [0, 0.05) is 15.1 Å². The van der Waals surface area contributed by atoms with Crippen molar-refractivity contribution in [2.75, 3.05) is 0 Å². The first-order valence-electron chi connectivity index (χ1n) is 5.68. The molecular formula is C15H8BrCl2NO. The number of carbonyl (C=O) groups is 1. The molecule has 0 saturated heterocycles. The lowest BCUT2D eigenvalue weighted by molar-refractivity contribution is 0.0979. The average molecular weight is 369 g/mol. The molecule has 5 heteroatoms. The van der Waals surface area contributed by atoms with Crippen LogP contribution in [0, 0.1) is 11.3 Å². The minimum atomic E-state index is -0.913. The molecule has 2 nitrogen and oxygen atoms in total. The molecule has 0 fully saturated rings. The van der Waals surface area contributed by atoms with Gasteiger partial charge in [-0.25, -0.2) is 0 Å². The number of rotatable bonds is 3. The molecule has 0 radical (unpaired) electrons. The monoisotopic (exact) mass is 367 g/mol. The van der Waals surface area contributed by atoms with E-state index in [0.717, 1.165) is 0 Å². The molecule has 0 aliphatic carbocycles. The minimum Gasteiger partial charge on any atom is -0.292 e. The van der Waals surface area contributed by atoms with E-state index in [0.29, 0.717) is 20.6 Å². The summed E-state index contributed by atoms with van der Waals surface area (Å²) in [7, 11) is 0. The molecule has 20 heavy (non-hydrogen) atoms. The quantitative estimate of drug-likeness (QED) is 0.694. The zero-order valence-corrected chi connectivity index (χ0v) is 13.2. The Labute approximate surface area is 135 Å². The number of benzene rings is 2. The molecule has 0 spiro atoms. The first kappa shape index (κ1) is 15.1. The van der Waals surface area contributed by atoms with Crippen molar-refractivity contribution in [3.05, 3.63) is 68.1 Å². The smallest absolute Gasteiger partial charge is 0.185 e. The summed E-state index contributed by atoms with van der Waals surface area (Å²) in [6.07, 6.45) is 0. The largest absolute Gasteiger partial charge is 0.292 e. The summed E-state index contributed by atoms with van der Waals surface area (Å²) < 4.78 is 0.713. The van der Waals surface area contributed by atoms with E-state index in [4.69, 9.17) is 23.2 Å². The molecule has 2 rings (SSSR count). The molecule has 0 bridgehead atoms. The zero-order valence-electron chi connectivity index (χ0n) is 10.1. The molecule has 1 atom stereocenters. The number of ketones is 1. The van der Waals surface area contributed by atoms with E-state index in [-0.39, 0.29) is 10.8 Å². The van der Waals surface area contributed by atoms with Crippen molar-refractivity contribution in [2.24, 2.45) is 0 Å². The molecule has 0 aliphatic rings. The standard InChI is InChI=1S/C15H8BrCl2NO/c16-13-4-2-1-3-10(13)12(8-19)15(20)11-6-5-9(17)7-14(11)18/h1-7,12H.